The highest BCUT2D eigenvalue weighted by molar-refractivity contribution is 7.47. The molecule has 0 spiro atoms. The maximum absolute atomic E-state index is 13.1. The van der Waals surface area contributed by atoms with Crippen LogP contribution in [0, 0.1) is 11.8 Å². The van der Waals surface area contributed by atoms with Crippen molar-refractivity contribution in [3.05, 3.63) is 0 Å². The molecule has 3 N–H and O–H groups in total. The maximum Gasteiger partial charge on any atom is 0.472 e. The molecule has 0 aromatic rings. The number of carbonyl (C=O) groups is 4. The van der Waals surface area contributed by atoms with Gasteiger partial charge in [-0.15, -0.1) is 0 Å². The second-order valence-electron chi connectivity index (χ2n) is 29.1. The van der Waals surface area contributed by atoms with Crippen molar-refractivity contribution in [1.29, 1.82) is 0 Å². The standard InChI is InChI=1S/C78H152O17P2/c1-7-9-11-13-15-17-18-19-20-21-25-31-37-43-49-55-61-76(81)89-67-74(95-77(82)62-56-50-44-38-32-26-23-22-24-29-35-40-46-52-58-70(3)4)69-93-97(86,87)91-65-72(79)64-90-96(84,85)92-68-73(66-88-75(80)60-54-48-42-34-16-14-12-10-8-2)94-78(83)63-57-51-45-39-33-28-27-30-36-41-47-53-59-71(5)6/h70-74,79H,7-69H2,1-6H3,(H,84,85)(H,86,87)/t72-,73+,74+/m0/s1. The molecule has 17 nitrogen and oxygen atoms in total. The second kappa shape index (κ2) is 69.8. The predicted molar refractivity (Wildman–Crippen MR) is 395 cm³/mol. The molecule has 2 unspecified atom stereocenters. The van der Waals surface area contributed by atoms with Gasteiger partial charge in [-0.05, 0) is 37.5 Å². The van der Waals surface area contributed by atoms with E-state index in [0.29, 0.717) is 25.7 Å². The van der Waals surface area contributed by atoms with Crippen molar-refractivity contribution in [2.24, 2.45) is 11.8 Å². The third-order valence-electron chi connectivity index (χ3n) is 18.2. The molecule has 576 valence electrons. The average Bonchev–Trinajstić information content (AvgIpc) is 2.38. The van der Waals surface area contributed by atoms with Gasteiger partial charge < -0.3 is 33.8 Å². The molecule has 0 aromatic carbocycles. The van der Waals surface area contributed by atoms with Crippen molar-refractivity contribution >= 4 is 39.5 Å². The van der Waals surface area contributed by atoms with Crippen LogP contribution in [-0.2, 0) is 65.4 Å². The highest BCUT2D eigenvalue weighted by Gasteiger charge is 2.30. The van der Waals surface area contributed by atoms with Gasteiger partial charge in [-0.1, -0.05) is 356 Å². The topological polar surface area (TPSA) is 237 Å². The van der Waals surface area contributed by atoms with Gasteiger partial charge >= 0.3 is 39.5 Å². The summed E-state index contributed by atoms with van der Waals surface area (Å²) in [6.07, 6.45) is 58.2. The first-order chi connectivity index (χ1) is 46.9. The van der Waals surface area contributed by atoms with Gasteiger partial charge in [0.25, 0.3) is 0 Å². The summed E-state index contributed by atoms with van der Waals surface area (Å²) in [5, 5.41) is 10.6. The van der Waals surface area contributed by atoms with E-state index in [1.807, 2.05) is 0 Å². The number of hydrogen-bond donors (Lipinski definition) is 3. The van der Waals surface area contributed by atoms with Crippen LogP contribution in [0.1, 0.15) is 408 Å². The van der Waals surface area contributed by atoms with E-state index in [1.165, 1.54) is 225 Å². The molecular formula is C78H152O17P2. The van der Waals surface area contributed by atoms with Crippen LogP contribution in [0.15, 0.2) is 0 Å². The average molecular weight is 1420 g/mol. The minimum absolute atomic E-state index is 0.107. The monoisotopic (exact) mass is 1420 g/mol. The summed E-state index contributed by atoms with van der Waals surface area (Å²) in [5.41, 5.74) is 0. The Hall–Kier alpha value is -1.94. The molecule has 97 heavy (non-hydrogen) atoms. The molecule has 19 heteroatoms. The van der Waals surface area contributed by atoms with Crippen LogP contribution in [-0.4, -0.2) is 96.7 Å². The number of esters is 4. The van der Waals surface area contributed by atoms with Crippen LogP contribution in [0.2, 0.25) is 0 Å². The Morgan fingerprint density at radius 3 is 0.701 bits per heavy atom. The Morgan fingerprint density at radius 2 is 0.474 bits per heavy atom. The van der Waals surface area contributed by atoms with Crippen molar-refractivity contribution in [2.45, 2.75) is 426 Å². The Labute approximate surface area is 594 Å². The molecule has 0 aromatic heterocycles. The highest BCUT2D eigenvalue weighted by atomic mass is 31.2. The van der Waals surface area contributed by atoms with Gasteiger partial charge in [0.15, 0.2) is 12.2 Å². The molecule has 0 rings (SSSR count). The lowest BCUT2D eigenvalue weighted by molar-refractivity contribution is -0.161. The molecule has 0 fully saturated rings. The summed E-state index contributed by atoms with van der Waals surface area (Å²) in [6, 6.07) is 0. The Morgan fingerprint density at radius 1 is 0.278 bits per heavy atom. The first kappa shape index (κ1) is 95.1. The van der Waals surface area contributed by atoms with Crippen LogP contribution >= 0.6 is 15.6 Å². The fraction of sp³-hybridized carbons (Fsp3) is 0.949. The largest absolute Gasteiger partial charge is 0.472 e. The first-order valence-electron chi connectivity index (χ1n) is 40.5. The highest BCUT2D eigenvalue weighted by Crippen LogP contribution is 2.45. The zero-order valence-electron chi connectivity index (χ0n) is 63.4. The summed E-state index contributed by atoms with van der Waals surface area (Å²) < 4.78 is 68.6. The van der Waals surface area contributed by atoms with E-state index in [9.17, 15) is 43.2 Å². The summed E-state index contributed by atoms with van der Waals surface area (Å²) in [4.78, 5) is 72.9. The number of rotatable bonds is 77. The Kier molecular flexibility index (Phi) is 68.4. The summed E-state index contributed by atoms with van der Waals surface area (Å²) in [6.45, 7) is 9.63. The fourth-order valence-electron chi connectivity index (χ4n) is 12.0. The number of unbranched alkanes of at least 4 members (excludes halogenated alkanes) is 47. The van der Waals surface area contributed by atoms with Gasteiger partial charge in [0, 0.05) is 25.7 Å². The van der Waals surface area contributed by atoms with Gasteiger partial charge in [0.2, 0.25) is 0 Å². The third-order valence-corrected chi connectivity index (χ3v) is 20.1. The molecule has 0 heterocycles. The van der Waals surface area contributed by atoms with Crippen LogP contribution < -0.4 is 0 Å². The van der Waals surface area contributed by atoms with Gasteiger partial charge in [-0.3, -0.25) is 37.3 Å². The molecule has 0 saturated carbocycles. The number of aliphatic hydroxyl groups excluding tert-OH is 1. The molecule has 0 aliphatic carbocycles. The lowest BCUT2D eigenvalue weighted by Gasteiger charge is -2.21. The second-order valence-corrected chi connectivity index (χ2v) is 32.0. The molecule has 0 bridgehead atoms. The normalized spacial score (nSPS) is 14.0. The molecule has 0 radical (unpaired) electrons. The molecule has 0 aliphatic heterocycles. The van der Waals surface area contributed by atoms with Gasteiger partial charge in [0.05, 0.1) is 26.4 Å². The Bertz CT molecular complexity index is 1870. The molecule has 0 amide bonds. The predicted octanol–water partition coefficient (Wildman–Crippen LogP) is 23.1. The lowest BCUT2D eigenvalue weighted by atomic mass is 10.0. The van der Waals surface area contributed by atoms with Crippen molar-refractivity contribution < 1.29 is 80.2 Å². The van der Waals surface area contributed by atoms with Gasteiger partial charge in [-0.2, -0.15) is 0 Å². The SMILES string of the molecule is CCCCCCCCCCCCCCCCCCC(=O)OC[C@H](COP(=O)(O)OC[C@@H](O)COP(=O)(O)OC[C@@H](COC(=O)CCCCCCCCCCC)OC(=O)CCCCCCCCCCCCCCC(C)C)OC(=O)CCCCCCCCCCCCCCCCC(C)C. The van der Waals surface area contributed by atoms with Gasteiger partial charge in [0.1, 0.15) is 19.3 Å². The molecule has 0 aliphatic rings. The fourth-order valence-corrected chi connectivity index (χ4v) is 13.6. The third kappa shape index (κ3) is 72.2. The number of carbonyl (C=O) groups excluding carboxylic acids is 4. The Balaban J connectivity index is 5.23. The van der Waals surface area contributed by atoms with Crippen molar-refractivity contribution in [1.82, 2.24) is 0 Å². The smallest absolute Gasteiger partial charge is 0.462 e. The number of aliphatic hydroxyl groups is 1. The summed E-state index contributed by atoms with van der Waals surface area (Å²) in [7, 11) is -9.91. The lowest BCUT2D eigenvalue weighted by Crippen LogP contribution is -2.30. The zero-order chi connectivity index (χ0) is 71.4. The van der Waals surface area contributed by atoms with Gasteiger partial charge in [-0.25, -0.2) is 9.13 Å². The van der Waals surface area contributed by atoms with E-state index < -0.39 is 97.5 Å². The quantitative estimate of drug-likeness (QED) is 0.0222. The van der Waals surface area contributed by atoms with E-state index in [1.54, 1.807) is 0 Å². The molecule has 0 saturated heterocycles. The van der Waals surface area contributed by atoms with E-state index in [0.717, 1.165) is 102 Å². The van der Waals surface area contributed by atoms with E-state index >= 15 is 0 Å². The summed E-state index contributed by atoms with van der Waals surface area (Å²) in [5.74, 6) is -0.540. The minimum atomic E-state index is -4.96. The van der Waals surface area contributed by atoms with Crippen molar-refractivity contribution in [3.63, 3.8) is 0 Å². The van der Waals surface area contributed by atoms with E-state index in [-0.39, 0.29) is 25.7 Å². The van der Waals surface area contributed by atoms with Crippen LogP contribution in [0.5, 0.6) is 0 Å². The van der Waals surface area contributed by atoms with Crippen LogP contribution in [0.3, 0.4) is 0 Å². The van der Waals surface area contributed by atoms with Crippen molar-refractivity contribution in [2.75, 3.05) is 39.6 Å². The zero-order valence-corrected chi connectivity index (χ0v) is 65.2. The van der Waals surface area contributed by atoms with E-state index in [2.05, 4.69) is 41.5 Å². The number of phosphoric acid groups is 2. The van der Waals surface area contributed by atoms with Crippen molar-refractivity contribution in [3.8, 4) is 0 Å². The maximum atomic E-state index is 13.1. The summed E-state index contributed by atoms with van der Waals surface area (Å²) >= 11 is 0. The van der Waals surface area contributed by atoms with Crippen LogP contribution in [0.4, 0.5) is 0 Å². The van der Waals surface area contributed by atoms with E-state index in [4.69, 9.17) is 37.0 Å². The number of ether oxygens (including phenoxy) is 4. The first-order valence-corrected chi connectivity index (χ1v) is 43.5. The molecular weight excluding hydrogens is 1270 g/mol. The molecule has 5 atom stereocenters. The number of hydrogen-bond acceptors (Lipinski definition) is 15. The number of phosphoric ester groups is 2. The van der Waals surface area contributed by atoms with Crippen LogP contribution in [0.25, 0.3) is 0 Å². The minimum Gasteiger partial charge on any atom is -0.462 e.